The van der Waals surface area contributed by atoms with E-state index in [9.17, 15) is 4.79 Å². The number of carbonyl (C=O) groups is 1. The lowest BCUT2D eigenvalue weighted by molar-refractivity contribution is -0.119. The van der Waals surface area contributed by atoms with Crippen molar-refractivity contribution in [3.8, 4) is 0 Å². The summed E-state index contributed by atoms with van der Waals surface area (Å²) in [7, 11) is 0. The van der Waals surface area contributed by atoms with Crippen LogP contribution in [0.2, 0.25) is 0 Å². The first-order valence-corrected chi connectivity index (χ1v) is 4.95. The van der Waals surface area contributed by atoms with Gasteiger partial charge in [0.2, 0.25) is 5.91 Å². The largest absolute Gasteiger partial charge is 0.369 e. The normalized spacial score (nSPS) is 29.8. The van der Waals surface area contributed by atoms with E-state index in [0.717, 1.165) is 13.1 Å². The van der Waals surface area contributed by atoms with Crippen LogP contribution >= 0.6 is 0 Å². The molecule has 1 aliphatic heterocycles. The summed E-state index contributed by atoms with van der Waals surface area (Å²) in [4.78, 5) is 12.9. The fourth-order valence-electron chi connectivity index (χ4n) is 1.91. The van der Waals surface area contributed by atoms with Gasteiger partial charge in [-0.2, -0.15) is 0 Å². The van der Waals surface area contributed by atoms with E-state index >= 15 is 0 Å². The average Bonchev–Trinajstić information content (AvgIpc) is 2.32. The molecule has 0 aromatic heterocycles. The van der Waals surface area contributed by atoms with E-state index in [1.807, 2.05) is 0 Å². The second-order valence-corrected chi connectivity index (χ2v) is 4.74. The summed E-state index contributed by atoms with van der Waals surface area (Å²) in [5.41, 5.74) is 5.53. The molecule has 1 aliphatic rings. The number of likely N-dealkylation sites (tertiary alicyclic amines) is 1. The maximum Gasteiger partial charge on any atom is 0.231 e. The van der Waals surface area contributed by atoms with Crippen molar-refractivity contribution in [1.29, 1.82) is 0 Å². The molecule has 1 heterocycles. The van der Waals surface area contributed by atoms with Crippen molar-refractivity contribution in [2.75, 3.05) is 19.6 Å². The highest BCUT2D eigenvalue weighted by Gasteiger charge is 2.36. The van der Waals surface area contributed by atoms with Crippen molar-refractivity contribution in [3.63, 3.8) is 0 Å². The lowest BCUT2D eigenvalue weighted by Crippen LogP contribution is -2.34. The van der Waals surface area contributed by atoms with E-state index in [0.29, 0.717) is 17.9 Å². The summed E-state index contributed by atoms with van der Waals surface area (Å²) in [6.07, 6.45) is 1.18. The zero-order valence-electron chi connectivity index (χ0n) is 8.84. The molecule has 1 rings (SSSR count). The van der Waals surface area contributed by atoms with E-state index in [1.165, 1.54) is 6.42 Å². The third-order valence-electron chi connectivity index (χ3n) is 3.36. The van der Waals surface area contributed by atoms with E-state index in [2.05, 4.69) is 25.7 Å². The molecule has 3 heteroatoms. The number of carbonyl (C=O) groups excluding carboxylic acids is 1. The summed E-state index contributed by atoms with van der Waals surface area (Å²) >= 11 is 0. The Bertz CT molecular complexity index is 203. The number of primary amides is 1. The molecule has 1 fully saturated rings. The Hall–Kier alpha value is -0.570. The molecule has 1 atom stereocenters. The second-order valence-electron chi connectivity index (χ2n) is 4.74. The van der Waals surface area contributed by atoms with Crippen LogP contribution in [0, 0.1) is 11.3 Å². The zero-order valence-corrected chi connectivity index (χ0v) is 8.84. The smallest absolute Gasteiger partial charge is 0.231 e. The van der Waals surface area contributed by atoms with Crippen molar-refractivity contribution in [3.05, 3.63) is 0 Å². The summed E-state index contributed by atoms with van der Waals surface area (Å²) in [5, 5.41) is 0. The molecule has 0 radical (unpaired) electrons. The monoisotopic (exact) mass is 184 g/mol. The molecular weight excluding hydrogens is 164 g/mol. The topological polar surface area (TPSA) is 46.3 Å². The minimum absolute atomic E-state index is 0.215. The molecule has 2 N–H and O–H groups in total. The first kappa shape index (κ1) is 10.5. The number of rotatable bonds is 3. The van der Waals surface area contributed by atoms with Gasteiger partial charge in [-0.15, -0.1) is 0 Å². The zero-order chi connectivity index (χ0) is 10.1. The van der Waals surface area contributed by atoms with Crippen LogP contribution in [0.3, 0.4) is 0 Å². The number of hydrogen-bond donors (Lipinski definition) is 1. The first-order valence-electron chi connectivity index (χ1n) is 4.95. The van der Waals surface area contributed by atoms with Crippen LogP contribution in [0.15, 0.2) is 0 Å². The van der Waals surface area contributed by atoms with Gasteiger partial charge in [-0.05, 0) is 24.3 Å². The molecule has 0 bridgehead atoms. The lowest BCUT2D eigenvalue weighted by Gasteiger charge is -2.28. The minimum Gasteiger partial charge on any atom is -0.369 e. The average molecular weight is 184 g/mol. The molecule has 13 heavy (non-hydrogen) atoms. The maximum absolute atomic E-state index is 10.7. The van der Waals surface area contributed by atoms with Crippen LogP contribution in [0.25, 0.3) is 0 Å². The van der Waals surface area contributed by atoms with Crippen LogP contribution in [-0.4, -0.2) is 30.4 Å². The predicted octanol–water partition coefficient (Wildman–Crippen LogP) is 0.840. The van der Waals surface area contributed by atoms with E-state index in [-0.39, 0.29) is 5.91 Å². The molecule has 0 spiro atoms. The van der Waals surface area contributed by atoms with Crippen LogP contribution < -0.4 is 5.73 Å². The first-order chi connectivity index (χ1) is 5.94. The summed E-state index contributed by atoms with van der Waals surface area (Å²) in [6, 6.07) is 0. The Morgan fingerprint density at radius 1 is 1.62 bits per heavy atom. The Morgan fingerprint density at radius 3 is 2.62 bits per heavy atom. The molecule has 0 aromatic rings. The van der Waals surface area contributed by atoms with Crippen molar-refractivity contribution >= 4 is 5.91 Å². The molecule has 3 nitrogen and oxygen atoms in total. The van der Waals surface area contributed by atoms with Gasteiger partial charge in [-0.25, -0.2) is 0 Å². The third kappa shape index (κ3) is 2.44. The number of amides is 1. The van der Waals surface area contributed by atoms with Gasteiger partial charge in [0, 0.05) is 6.54 Å². The molecular formula is C10H20N2O. The van der Waals surface area contributed by atoms with E-state index < -0.39 is 0 Å². The molecule has 1 amide bonds. The van der Waals surface area contributed by atoms with Crippen LogP contribution in [-0.2, 0) is 4.79 Å². The van der Waals surface area contributed by atoms with E-state index in [1.54, 1.807) is 0 Å². The van der Waals surface area contributed by atoms with Crippen molar-refractivity contribution < 1.29 is 4.79 Å². The lowest BCUT2D eigenvalue weighted by atomic mass is 9.78. The third-order valence-corrected chi connectivity index (χ3v) is 3.36. The Kier molecular flexibility index (Phi) is 2.96. The van der Waals surface area contributed by atoms with Gasteiger partial charge < -0.3 is 5.73 Å². The molecule has 0 saturated carbocycles. The second kappa shape index (κ2) is 3.66. The van der Waals surface area contributed by atoms with Gasteiger partial charge in [-0.1, -0.05) is 20.8 Å². The standard InChI is InChI=1S/C10H20N2O/c1-8(2)10(3)4-5-12(7-10)6-9(11)13/h8H,4-7H2,1-3H3,(H2,11,13)/t10-/m1/s1. The quantitative estimate of drug-likeness (QED) is 0.706. The summed E-state index contributed by atoms with van der Waals surface area (Å²) < 4.78 is 0. The summed E-state index contributed by atoms with van der Waals surface area (Å²) in [5.74, 6) is 0.457. The van der Waals surface area contributed by atoms with Gasteiger partial charge in [-0.3, -0.25) is 9.69 Å². The highest BCUT2D eigenvalue weighted by molar-refractivity contribution is 5.75. The number of nitrogens with two attached hydrogens (primary N) is 1. The molecule has 1 saturated heterocycles. The fraction of sp³-hybridized carbons (Fsp3) is 0.900. The Labute approximate surface area is 80.3 Å². The van der Waals surface area contributed by atoms with Crippen LogP contribution in [0.4, 0.5) is 0 Å². The Morgan fingerprint density at radius 2 is 2.23 bits per heavy atom. The van der Waals surface area contributed by atoms with Gasteiger partial charge >= 0.3 is 0 Å². The predicted molar refractivity (Wildman–Crippen MR) is 53.2 cm³/mol. The molecule has 0 aromatic carbocycles. The van der Waals surface area contributed by atoms with Crippen molar-refractivity contribution in [1.82, 2.24) is 4.90 Å². The minimum atomic E-state index is -0.215. The maximum atomic E-state index is 10.7. The number of hydrogen-bond acceptors (Lipinski definition) is 2. The number of nitrogens with zero attached hydrogens (tertiary/aromatic N) is 1. The molecule has 0 unspecified atom stereocenters. The van der Waals surface area contributed by atoms with Gasteiger partial charge in [0.15, 0.2) is 0 Å². The Balaban J connectivity index is 2.48. The van der Waals surface area contributed by atoms with Gasteiger partial charge in [0.05, 0.1) is 6.54 Å². The fourth-order valence-corrected chi connectivity index (χ4v) is 1.91. The highest BCUT2D eigenvalue weighted by atomic mass is 16.1. The molecule has 0 aliphatic carbocycles. The van der Waals surface area contributed by atoms with Crippen molar-refractivity contribution in [2.24, 2.45) is 17.1 Å². The van der Waals surface area contributed by atoms with Gasteiger partial charge in [0.1, 0.15) is 0 Å². The molecule has 76 valence electrons. The van der Waals surface area contributed by atoms with Gasteiger partial charge in [0.25, 0.3) is 0 Å². The van der Waals surface area contributed by atoms with E-state index in [4.69, 9.17) is 5.73 Å². The van der Waals surface area contributed by atoms with Crippen LogP contribution in [0.1, 0.15) is 27.2 Å². The highest BCUT2D eigenvalue weighted by Crippen LogP contribution is 2.36. The SMILES string of the molecule is CC(C)[C@]1(C)CCN(CC(N)=O)C1. The summed E-state index contributed by atoms with van der Waals surface area (Å²) in [6.45, 7) is 9.22. The van der Waals surface area contributed by atoms with Crippen molar-refractivity contribution in [2.45, 2.75) is 27.2 Å². The van der Waals surface area contributed by atoms with Crippen LogP contribution in [0.5, 0.6) is 0 Å².